The number of aromatic hydroxyl groups is 1. The SMILES string of the molecule is CCc1occc1-c1nc(-c2ccc(O)cc2)no1. The zero-order valence-electron chi connectivity index (χ0n) is 10.3. The lowest BCUT2D eigenvalue weighted by Gasteiger charge is -1.94. The summed E-state index contributed by atoms with van der Waals surface area (Å²) in [6.07, 6.45) is 2.37. The zero-order chi connectivity index (χ0) is 13.2. The predicted octanol–water partition coefficient (Wildman–Crippen LogP) is 3.26. The van der Waals surface area contributed by atoms with Crippen molar-refractivity contribution in [2.24, 2.45) is 0 Å². The van der Waals surface area contributed by atoms with Gasteiger partial charge in [0, 0.05) is 12.0 Å². The van der Waals surface area contributed by atoms with Crippen LogP contribution >= 0.6 is 0 Å². The van der Waals surface area contributed by atoms with Crippen molar-refractivity contribution < 1.29 is 14.0 Å². The van der Waals surface area contributed by atoms with E-state index < -0.39 is 0 Å². The molecule has 0 unspecified atom stereocenters. The fourth-order valence-corrected chi connectivity index (χ4v) is 1.87. The summed E-state index contributed by atoms with van der Waals surface area (Å²) in [4.78, 5) is 4.34. The monoisotopic (exact) mass is 256 g/mol. The first-order chi connectivity index (χ1) is 9.28. The number of hydrogen-bond acceptors (Lipinski definition) is 5. The maximum absolute atomic E-state index is 9.25. The molecule has 1 aromatic carbocycles. The molecule has 0 aliphatic carbocycles. The lowest BCUT2D eigenvalue weighted by Crippen LogP contribution is -1.83. The fourth-order valence-electron chi connectivity index (χ4n) is 1.87. The van der Waals surface area contributed by atoms with Gasteiger partial charge >= 0.3 is 0 Å². The third-order valence-corrected chi connectivity index (χ3v) is 2.85. The van der Waals surface area contributed by atoms with E-state index in [9.17, 15) is 5.11 Å². The molecular weight excluding hydrogens is 244 g/mol. The normalized spacial score (nSPS) is 10.8. The van der Waals surface area contributed by atoms with Crippen LogP contribution in [0.5, 0.6) is 5.75 Å². The van der Waals surface area contributed by atoms with E-state index in [4.69, 9.17) is 8.94 Å². The van der Waals surface area contributed by atoms with E-state index in [0.29, 0.717) is 11.7 Å². The first-order valence-electron chi connectivity index (χ1n) is 5.97. The summed E-state index contributed by atoms with van der Waals surface area (Å²) in [6, 6.07) is 8.45. The Balaban J connectivity index is 1.97. The topological polar surface area (TPSA) is 72.3 Å². The maximum atomic E-state index is 9.25. The third-order valence-electron chi connectivity index (χ3n) is 2.85. The van der Waals surface area contributed by atoms with Crippen molar-refractivity contribution >= 4 is 0 Å². The molecule has 96 valence electrons. The van der Waals surface area contributed by atoms with Crippen molar-refractivity contribution in [2.75, 3.05) is 0 Å². The van der Waals surface area contributed by atoms with Crippen LogP contribution < -0.4 is 0 Å². The molecule has 0 saturated heterocycles. The average Bonchev–Trinajstić information content (AvgIpc) is 3.07. The van der Waals surface area contributed by atoms with Crippen molar-refractivity contribution in [3.8, 4) is 28.6 Å². The Morgan fingerprint density at radius 1 is 1.16 bits per heavy atom. The van der Waals surface area contributed by atoms with Crippen LogP contribution in [0.1, 0.15) is 12.7 Å². The van der Waals surface area contributed by atoms with Gasteiger partial charge in [-0.05, 0) is 30.3 Å². The minimum absolute atomic E-state index is 0.204. The molecule has 5 nitrogen and oxygen atoms in total. The Morgan fingerprint density at radius 3 is 2.68 bits per heavy atom. The van der Waals surface area contributed by atoms with Gasteiger partial charge in [0.1, 0.15) is 11.5 Å². The second-order valence-corrected chi connectivity index (χ2v) is 4.08. The Kier molecular flexibility index (Phi) is 2.79. The van der Waals surface area contributed by atoms with Gasteiger partial charge in [0.05, 0.1) is 11.8 Å². The van der Waals surface area contributed by atoms with Gasteiger partial charge in [-0.15, -0.1) is 0 Å². The third kappa shape index (κ3) is 2.10. The van der Waals surface area contributed by atoms with Gasteiger partial charge in [0.2, 0.25) is 5.82 Å². The highest BCUT2D eigenvalue weighted by molar-refractivity contribution is 5.61. The van der Waals surface area contributed by atoms with Crippen LogP contribution in [-0.2, 0) is 6.42 Å². The summed E-state index contributed by atoms with van der Waals surface area (Å²) in [5, 5.41) is 13.2. The molecule has 0 aliphatic heterocycles. The fraction of sp³-hybridized carbons (Fsp3) is 0.143. The van der Waals surface area contributed by atoms with Crippen LogP contribution in [0.4, 0.5) is 0 Å². The summed E-state index contributed by atoms with van der Waals surface area (Å²) in [5.74, 6) is 1.95. The van der Waals surface area contributed by atoms with Gasteiger partial charge in [0.25, 0.3) is 5.89 Å². The average molecular weight is 256 g/mol. The summed E-state index contributed by atoms with van der Waals surface area (Å²) in [7, 11) is 0. The number of phenols is 1. The van der Waals surface area contributed by atoms with Crippen LogP contribution in [0.25, 0.3) is 22.8 Å². The molecule has 0 spiro atoms. The van der Waals surface area contributed by atoms with Gasteiger partial charge in [-0.25, -0.2) is 0 Å². The maximum Gasteiger partial charge on any atom is 0.261 e. The summed E-state index contributed by atoms with van der Waals surface area (Å²) in [5.41, 5.74) is 1.61. The molecule has 2 aromatic heterocycles. The number of furan rings is 1. The Morgan fingerprint density at radius 2 is 1.95 bits per heavy atom. The van der Waals surface area contributed by atoms with Gasteiger partial charge < -0.3 is 14.0 Å². The van der Waals surface area contributed by atoms with Crippen LogP contribution in [-0.4, -0.2) is 15.2 Å². The number of rotatable bonds is 3. The van der Waals surface area contributed by atoms with E-state index in [1.54, 1.807) is 30.5 Å². The number of aryl methyl sites for hydroxylation is 1. The highest BCUT2D eigenvalue weighted by atomic mass is 16.5. The Hall–Kier alpha value is -2.56. The molecule has 0 radical (unpaired) electrons. The van der Waals surface area contributed by atoms with Crippen molar-refractivity contribution in [1.82, 2.24) is 10.1 Å². The van der Waals surface area contributed by atoms with E-state index in [1.807, 2.05) is 13.0 Å². The molecule has 19 heavy (non-hydrogen) atoms. The van der Waals surface area contributed by atoms with Crippen molar-refractivity contribution in [1.29, 1.82) is 0 Å². The molecule has 0 fully saturated rings. The quantitative estimate of drug-likeness (QED) is 0.778. The number of benzene rings is 1. The standard InChI is InChI=1S/C14H12N2O3/c1-2-12-11(7-8-18-12)14-15-13(16-19-14)9-3-5-10(17)6-4-9/h3-8,17H,2H2,1H3. The van der Waals surface area contributed by atoms with Gasteiger partial charge in [-0.3, -0.25) is 0 Å². The Bertz CT molecular complexity index is 683. The molecule has 1 N–H and O–H groups in total. The van der Waals surface area contributed by atoms with Crippen molar-refractivity contribution in [2.45, 2.75) is 13.3 Å². The number of hydrogen-bond donors (Lipinski definition) is 1. The molecule has 3 rings (SSSR count). The minimum atomic E-state index is 0.204. The highest BCUT2D eigenvalue weighted by Crippen LogP contribution is 2.26. The molecule has 0 atom stereocenters. The highest BCUT2D eigenvalue weighted by Gasteiger charge is 2.15. The van der Waals surface area contributed by atoms with Gasteiger partial charge in [-0.1, -0.05) is 12.1 Å². The minimum Gasteiger partial charge on any atom is -0.508 e. The van der Waals surface area contributed by atoms with E-state index in [-0.39, 0.29) is 5.75 Å². The van der Waals surface area contributed by atoms with Crippen LogP contribution in [0.15, 0.2) is 45.5 Å². The molecule has 0 bridgehead atoms. The molecule has 0 aliphatic rings. The lowest BCUT2D eigenvalue weighted by atomic mass is 10.2. The number of phenolic OH excluding ortho intramolecular Hbond substituents is 1. The molecular formula is C14H12N2O3. The van der Waals surface area contributed by atoms with Gasteiger partial charge in [-0.2, -0.15) is 4.98 Å². The van der Waals surface area contributed by atoms with E-state index >= 15 is 0 Å². The largest absolute Gasteiger partial charge is 0.508 e. The van der Waals surface area contributed by atoms with E-state index in [2.05, 4.69) is 10.1 Å². The zero-order valence-corrected chi connectivity index (χ0v) is 10.3. The van der Waals surface area contributed by atoms with E-state index in [0.717, 1.165) is 23.3 Å². The smallest absolute Gasteiger partial charge is 0.261 e. The second-order valence-electron chi connectivity index (χ2n) is 4.08. The predicted molar refractivity (Wildman–Crippen MR) is 68.5 cm³/mol. The molecule has 3 aromatic rings. The molecule has 2 heterocycles. The van der Waals surface area contributed by atoms with Crippen LogP contribution in [0, 0.1) is 0 Å². The lowest BCUT2D eigenvalue weighted by molar-refractivity contribution is 0.430. The first-order valence-corrected chi connectivity index (χ1v) is 5.97. The van der Waals surface area contributed by atoms with Gasteiger partial charge in [0.15, 0.2) is 0 Å². The summed E-state index contributed by atoms with van der Waals surface area (Å²) in [6.45, 7) is 2.00. The molecule has 0 saturated carbocycles. The van der Waals surface area contributed by atoms with Crippen LogP contribution in [0.2, 0.25) is 0 Å². The Labute approximate surface area is 109 Å². The first kappa shape index (κ1) is 11.5. The molecule has 5 heteroatoms. The number of nitrogens with zero attached hydrogens (tertiary/aromatic N) is 2. The molecule has 0 amide bonds. The van der Waals surface area contributed by atoms with Crippen LogP contribution in [0.3, 0.4) is 0 Å². The van der Waals surface area contributed by atoms with E-state index in [1.165, 1.54) is 0 Å². The van der Waals surface area contributed by atoms with Crippen molar-refractivity contribution in [3.63, 3.8) is 0 Å². The summed E-state index contributed by atoms with van der Waals surface area (Å²) < 4.78 is 10.6. The second kappa shape index (κ2) is 4.61. The van der Waals surface area contributed by atoms with Crippen molar-refractivity contribution in [3.05, 3.63) is 42.4 Å². The summed E-state index contributed by atoms with van der Waals surface area (Å²) >= 11 is 0. The number of aromatic nitrogens is 2.